The summed E-state index contributed by atoms with van der Waals surface area (Å²) in [5.74, 6) is 2.60. The van der Waals surface area contributed by atoms with Crippen molar-refractivity contribution in [2.24, 2.45) is 0 Å². The average molecular weight is 591 g/mol. The van der Waals surface area contributed by atoms with Crippen LogP contribution >= 0.6 is 0 Å². The maximum Gasteiger partial charge on any atom is 0.248 e. The second kappa shape index (κ2) is 13.1. The first-order valence-electron chi connectivity index (χ1n) is 14.6. The predicted octanol–water partition coefficient (Wildman–Crippen LogP) is 4.08. The number of carbonyl (C=O) groups is 2. The summed E-state index contributed by atoms with van der Waals surface area (Å²) in [4.78, 5) is 42.4. The molecule has 1 unspecified atom stereocenters. The first kappa shape index (κ1) is 29.9. The molecular weight excluding hydrogens is 552 g/mol. The van der Waals surface area contributed by atoms with Crippen LogP contribution in [0.15, 0.2) is 29.1 Å². The van der Waals surface area contributed by atoms with Crippen LogP contribution in [0.5, 0.6) is 17.2 Å². The minimum atomic E-state index is -0.390. The molecule has 3 aromatic rings. The van der Waals surface area contributed by atoms with Gasteiger partial charge in [-0.3, -0.25) is 24.8 Å². The Morgan fingerprint density at radius 1 is 1.05 bits per heavy atom. The Balaban J connectivity index is 1.36. The van der Waals surface area contributed by atoms with E-state index in [1.807, 2.05) is 12.1 Å². The van der Waals surface area contributed by atoms with Gasteiger partial charge in [-0.25, -0.2) is 0 Å². The summed E-state index contributed by atoms with van der Waals surface area (Å²) in [6.07, 6.45) is 5.29. The average Bonchev–Trinajstić information content (AvgIpc) is 3.27. The van der Waals surface area contributed by atoms with E-state index in [9.17, 15) is 14.4 Å². The van der Waals surface area contributed by atoms with Gasteiger partial charge in [-0.05, 0) is 67.0 Å². The largest absolute Gasteiger partial charge is 0.493 e. The lowest BCUT2D eigenvalue weighted by Gasteiger charge is -2.22. The van der Waals surface area contributed by atoms with Crippen molar-refractivity contribution in [1.82, 2.24) is 20.5 Å². The van der Waals surface area contributed by atoms with Crippen LogP contribution in [0.4, 0.5) is 11.6 Å². The van der Waals surface area contributed by atoms with Crippen molar-refractivity contribution < 1.29 is 23.8 Å². The molecule has 43 heavy (non-hydrogen) atoms. The number of nitrogens with zero attached hydrogens (tertiary/aromatic N) is 2. The zero-order valence-electron chi connectivity index (χ0n) is 25.0. The van der Waals surface area contributed by atoms with Crippen LogP contribution in [-0.2, 0) is 16.0 Å². The molecule has 2 aliphatic rings. The SMILES string of the molecule is COc1cc2c(c(OC)c1OC)-c1ccc(NCCCC(=O)Nc3n[nH]c(C4CCC4)n3)c(=O)cc1C(NC(C)=O)CC2. The number of rotatable bonds is 11. The molecule has 2 aliphatic carbocycles. The van der Waals surface area contributed by atoms with Crippen LogP contribution < -0.4 is 35.6 Å². The number of H-pyrrole nitrogens is 1. The van der Waals surface area contributed by atoms with Gasteiger partial charge in [0.05, 0.1) is 33.1 Å². The molecule has 4 N–H and O–H groups in total. The van der Waals surface area contributed by atoms with Gasteiger partial charge in [-0.2, -0.15) is 4.98 Å². The van der Waals surface area contributed by atoms with Crippen LogP contribution in [0, 0.1) is 0 Å². The van der Waals surface area contributed by atoms with Crippen LogP contribution in [0.1, 0.15) is 74.4 Å². The fraction of sp³-hybridized carbons (Fsp3) is 0.452. The quantitative estimate of drug-likeness (QED) is 0.242. The number of ether oxygens (including phenoxy) is 3. The molecule has 228 valence electrons. The molecule has 1 aromatic heterocycles. The predicted molar refractivity (Wildman–Crippen MR) is 162 cm³/mol. The standard InChI is InChI=1S/C31H38N6O6/c1-17(38)33-22-12-10-19-15-25(41-2)28(42-3)29(43-4)27(19)20-11-13-23(24(39)16-21(20)22)32-14-6-9-26(40)34-31-35-30(36-37-31)18-7-5-8-18/h11,13,15-16,18,22H,5-10,12,14H2,1-4H3,(H,32,39)(H,33,38)(H2,34,35,36,37,40). The smallest absolute Gasteiger partial charge is 0.248 e. The monoisotopic (exact) mass is 590 g/mol. The third kappa shape index (κ3) is 6.42. The summed E-state index contributed by atoms with van der Waals surface area (Å²) >= 11 is 0. The van der Waals surface area contributed by atoms with Crippen LogP contribution in [0.2, 0.25) is 0 Å². The maximum atomic E-state index is 13.4. The zero-order valence-corrected chi connectivity index (χ0v) is 25.0. The first-order valence-corrected chi connectivity index (χ1v) is 14.6. The van der Waals surface area contributed by atoms with Gasteiger partial charge >= 0.3 is 0 Å². The summed E-state index contributed by atoms with van der Waals surface area (Å²) in [5, 5.41) is 15.9. The van der Waals surface area contributed by atoms with Crippen molar-refractivity contribution in [2.75, 3.05) is 38.5 Å². The summed E-state index contributed by atoms with van der Waals surface area (Å²) in [6.45, 7) is 1.86. The minimum absolute atomic E-state index is 0.191. The van der Waals surface area contributed by atoms with Gasteiger partial charge < -0.3 is 24.8 Å². The molecule has 0 spiro atoms. The van der Waals surface area contributed by atoms with Crippen molar-refractivity contribution in [3.8, 4) is 28.4 Å². The van der Waals surface area contributed by atoms with E-state index in [1.54, 1.807) is 33.5 Å². The Morgan fingerprint density at radius 2 is 1.84 bits per heavy atom. The van der Waals surface area contributed by atoms with Gasteiger partial charge in [0.1, 0.15) is 5.82 Å². The fourth-order valence-corrected chi connectivity index (χ4v) is 5.71. The number of fused-ring (bicyclic) bond motifs is 3. The third-order valence-electron chi connectivity index (χ3n) is 8.06. The molecule has 0 aliphatic heterocycles. The Bertz CT molecular complexity index is 1570. The van der Waals surface area contributed by atoms with Gasteiger partial charge in [0.2, 0.25) is 28.9 Å². The number of methoxy groups -OCH3 is 3. The van der Waals surface area contributed by atoms with Gasteiger partial charge in [0, 0.05) is 31.4 Å². The summed E-state index contributed by atoms with van der Waals surface area (Å²) in [7, 11) is 4.68. The summed E-state index contributed by atoms with van der Waals surface area (Å²) < 4.78 is 17.0. The third-order valence-corrected chi connectivity index (χ3v) is 8.06. The van der Waals surface area contributed by atoms with Crippen molar-refractivity contribution in [3.63, 3.8) is 0 Å². The van der Waals surface area contributed by atoms with Crippen LogP contribution in [0.25, 0.3) is 11.1 Å². The molecule has 12 nitrogen and oxygen atoms in total. The van der Waals surface area contributed by atoms with Crippen molar-refractivity contribution in [1.29, 1.82) is 0 Å². The highest BCUT2D eigenvalue weighted by Gasteiger charge is 2.29. The second-order valence-corrected chi connectivity index (χ2v) is 10.8. The number of hydrogen-bond donors (Lipinski definition) is 4. The number of nitrogens with one attached hydrogen (secondary N) is 4. The van der Waals surface area contributed by atoms with E-state index in [1.165, 1.54) is 13.3 Å². The van der Waals surface area contributed by atoms with Gasteiger partial charge in [0.15, 0.2) is 11.5 Å². The first-order chi connectivity index (χ1) is 20.8. The summed E-state index contributed by atoms with van der Waals surface area (Å²) in [6, 6.07) is 6.69. The lowest BCUT2D eigenvalue weighted by Crippen LogP contribution is -2.26. The molecule has 1 heterocycles. The molecule has 0 saturated heterocycles. The Morgan fingerprint density at radius 3 is 2.51 bits per heavy atom. The Kier molecular flexibility index (Phi) is 9.13. The number of aromatic amines is 1. The second-order valence-electron chi connectivity index (χ2n) is 10.8. The molecule has 2 amide bonds. The number of aryl methyl sites for hydroxylation is 1. The fourth-order valence-electron chi connectivity index (χ4n) is 5.71. The Labute approximate surface area is 249 Å². The lowest BCUT2D eigenvalue weighted by atomic mass is 9.85. The van der Waals surface area contributed by atoms with Crippen molar-refractivity contribution in [3.05, 3.63) is 51.4 Å². The number of anilines is 2. The number of carbonyl (C=O) groups excluding carboxylic acids is 2. The van der Waals surface area contributed by atoms with Crippen molar-refractivity contribution in [2.45, 2.75) is 63.8 Å². The normalized spacial score (nSPS) is 15.7. The Hall–Kier alpha value is -4.61. The van der Waals surface area contributed by atoms with Gasteiger partial charge in [0.25, 0.3) is 0 Å². The van der Waals surface area contributed by atoms with Crippen molar-refractivity contribution >= 4 is 23.5 Å². The minimum Gasteiger partial charge on any atom is -0.493 e. The van der Waals surface area contributed by atoms with E-state index in [-0.39, 0.29) is 29.6 Å². The molecule has 5 rings (SSSR count). The highest BCUT2D eigenvalue weighted by atomic mass is 16.5. The molecule has 0 radical (unpaired) electrons. The van der Waals surface area contributed by atoms with E-state index >= 15 is 0 Å². The highest BCUT2D eigenvalue weighted by molar-refractivity contribution is 5.89. The van der Waals surface area contributed by atoms with E-state index in [4.69, 9.17) is 14.2 Å². The van der Waals surface area contributed by atoms with Gasteiger partial charge in [-0.1, -0.05) is 12.5 Å². The molecule has 1 atom stereocenters. The number of hydrogen-bond acceptors (Lipinski definition) is 9. The van der Waals surface area contributed by atoms with E-state index in [0.29, 0.717) is 60.2 Å². The molecule has 2 aromatic carbocycles. The topological polar surface area (TPSA) is 157 Å². The molecule has 1 fully saturated rings. The van der Waals surface area contributed by atoms with Crippen LogP contribution in [-0.4, -0.2) is 54.9 Å². The molecular formula is C31H38N6O6. The molecule has 0 bridgehead atoms. The van der Waals surface area contributed by atoms with Crippen LogP contribution in [0.3, 0.4) is 0 Å². The highest BCUT2D eigenvalue weighted by Crippen LogP contribution is 2.50. The van der Waals surface area contributed by atoms with E-state index in [0.717, 1.165) is 35.4 Å². The van der Waals surface area contributed by atoms with E-state index in [2.05, 4.69) is 31.1 Å². The summed E-state index contributed by atoms with van der Waals surface area (Å²) in [5.41, 5.74) is 3.33. The van der Waals surface area contributed by atoms with E-state index < -0.39 is 6.04 Å². The molecule has 12 heteroatoms. The van der Waals surface area contributed by atoms with Gasteiger partial charge in [-0.15, -0.1) is 5.10 Å². The number of benzene rings is 1. The number of aromatic nitrogens is 3. The maximum absolute atomic E-state index is 13.4. The zero-order chi connectivity index (χ0) is 30.5. The number of amides is 2. The molecule has 1 saturated carbocycles. The lowest BCUT2D eigenvalue weighted by molar-refractivity contribution is -0.119.